The van der Waals surface area contributed by atoms with E-state index in [1.165, 1.54) is 11.3 Å². The van der Waals surface area contributed by atoms with Gasteiger partial charge in [0.25, 0.3) is 0 Å². The van der Waals surface area contributed by atoms with Gasteiger partial charge in [-0.3, -0.25) is 4.79 Å². The van der Waals surface area contributed by atoms with Crippen molar-refractivity contribution in [3.63, 3.8) is 0 Å². The zero-order valence-corrected chi connectivity index (χ0v) is 11.2. The van der Waals surface area contributed by atoms with Crippen molar-refractivity contribution >= 4 is 33.9 Å². The van der Waals surface area contributed by atoms with Crippen LogP contribution >= 0.6 is 22.9 Å². The van der Waals surface area contributed by atoms with Gasteiger partial charge in [0.2, 0.25) is 5.78 Å². The van der Waals surface area contributed by atoms with Gasteiger partial charge in [0.15, 0.2) is 5.13 Å². The van der Waals surface area contributed by atoms with E-state index in [2.05, 4.69) is 10.3 Å². The van der Waals surface area contributed by atoms with Crippen molar-refractivity contribution in [2.45, 2.75) is 6.92 Å². The average molecular weight is 260 g/mol. The quantitative estimate of drug-likeness (QED) is 0.666. The molecule has 1 aromatic rings. The van der Waals surface area contributed by atoms with Crippen LogP contribution in [0.15, 0.2) is 11.2 Å². The Morgan fingerprint density at radius 3 is 2.62 bits per heavy atom. The van der Waals surface area contributed by atoms with Crippen LogP contribution in [0.2, 0.25) is 0 Å². The van der Waals surface area contributed by atoms with Gasteiger partial charge in [-0.25, -0.2) is 4.98 Å². The molecular weight excluding hydrogens is 246 g/mol. The molecule has 16 heavy (non-hydrogen) atoms. The Hall–Kier alpha value is -1.07. The average Bonchev–Trinajstić information content (AvgIpc) is 2.57. The van der Waals surface area contributed by atoms with Crippen LogP contribution in [0.4, 0.5) is 5.13 Å². The lowest BCUT2D eigenvalue weighted by atomic mass is 10.3. The number of hydrogen-bond donors (Lipinski definition) is 1. The van der Waals surface area contributed by atoms with Gasteiger partial charge in [-0.15, -0.1) is 0 Å². The molecule has 0 amide bonds. The number of carbonyl (C=O) groups is 1. The molecule has 6 heteroatoms. The molecule has 0 atom stereocenters. The Bertz CT molecular complexity index is 426. The number of hydrogen-bond acceptors (Lipinski definition) is 5. The van der Waals surface area contributed by atoms with Gasteiger partial charge in [-0.2, -0.15) is 0 Å². The Kier molecular flexibility index (Phi) is 4.32. The molecule has 0 bridgehead atoms. The van der Waals surface area contributed by atoms with Crippen LogP contribution in [0.3, 0.4) is 0 Å². The van der Waals surface area contributed by atoms with Crippen molar-refractivity contribution in [2.75, 3.05) is 26.5 Å². The number of allylic oxidation sites excluding steroid dienone is 1. The number of nitrogens with zero attached hydrogens (tertiary/aromatic N) is 2. The first-order valence-corrected chi connectivity index (χ1v) is 5.88. The summed E-state index contributed by atoms with van der Waals surface area (Å²) < 4.78 is 0. The highest BCUT2D eigenvalue weighted by atomic mass is 35.5. The van der Waals surface area contributed by atoms with E-state index in [9.17, 15) is 4.79 Å². The highest BCUT2D eigenvalue weighted by Gasteiger charge is 2.17. The van der Waals surface area contributed by atoms with E-state index in [4.69, 9.17) is 11.6 Å². The molecule has 0 fully saturated rings. The number of ketones is 1. The van der Waals surface area contributed by atoms with Crippen molar-refractivity contribution in [1.29, 1.82) is 0 Å². The zero-order valence-electron chi connectivity index (χ0n) is 9.67. The van der Waals surface area contributed by atoms with E-state index in [0.717, 1.165) is 5.13 Å². The molecule has 1 aromatic heterocycles. The lowest BCUT2D eigenvalue weighted by Gasteiger charge is -2.05. The van der Waals surface area contributed by atoms with Gasteiger partial charge < -0.3 is 10.2 Å². The Morgan fingerprint density at radius 2 is 2.19 bits per heavy atom. The monoisotopic (exact) mass is 259 g/mol. The minimum Gasteiger partial charge on any atom is -0.382 e. The molecule has 4 nitrogen and oxygen atoms in total. The molecule has 0 aliphatic rings. The minimum absolute atomic E-state index is 0.188. The van der Waals surface area contributed by atoms with E-state index in [0.29, 0.717) is 10.6 Å². The van der Waals surface area contributed by atoms with Crippen LogP contribution in [0.5, 0.6) is 0 Å². The SMILES string of the molecule is CNc1nc(C)c(C(=O)/C(Cl)=C/N(C)C)s1. The van der Waals surface area contributed by atoms with Crippen LogP contribution in [0, 0.1) is 6.92 Å². The standard InChI is InChI=1S/C10H14ClN3OS/c1-6-9(16-10(12-2)13-6)8(15)7(11)5-14(3)4/h5H,1-4H3,(H,12,13)/b7-5-. The van der Waals surface area contributed by atoms with Crippen LogP contribution in [-0.2, 0) is 0 Å². The van der Waals surface area contributed by atoms with Gasteiger partial charge in [0.1, 0.15) is 9.91 Å². The molecule has 0 spiro atoms. The van der Waals surface area contributed by atoms with Crippen molar-refractivity contribution in [2.24, 2.45) is 0 Å². The van der Waals surface area contributed by atoms with Crippen LogP contribution in [0.25, 0.3) is 0 Å². The fourth-order valence-corrected chi connectivity index (χ4v) is 2.33. The first kappa shape index (κ1) is 13.0. The predicted molar refractivity (Wildman–Crippen MR) is 68.4 cm³/mol. The van der Waals surface area contributed by atoms with Gasteiger partial charge in [-0.05, 0) is 6.92 Å². The van der Waals surface area contributed by atoms with Crippen molar-refractivity contribution < 1.29 is 4.79 Å². The summed E-state index contributed by atoms with van der Waals surface area (Å²) in [6.07, 6.45) is 1.59. The number of aryl methyl sites for hydroxylation is 1. The van der Waals surface area contributed by atoms with Crippen molar-refractivity contribution in [1.82, 2.24) is 9.88 Å². The zero-order chi connectivity index (χ0) is 12.3. The predicted octanol–water partition coefficient (Wildman–Crippen LogP) is 2.32. The van der Waals surface area contributed by atoms with Gasteiger partial charge in [0.05, 0.1) is 5.69 Å². The number of aromatic nitrogens is 1. The molecular formula is C10H14ClN3OS. The van der Waals surface area contributed by atoms with Gasteiger partial charge in [-0.1, -0.05) is 22.9 Å². The first-order valence-electron chi connectivity index (χ1n) is 4.69. The Labute approximate surface area is 104 Å². The molecule has 1 heterocycles. The highest BCUT2D eigenvalue weighted by molar-refractivity contribution is 7.17. The van der Waals surface area contributed by atoms with Crippen LogP contribution < -0.4 is 5.32 Å². The van der Waals surface area contributed by atoms with Gasteiger partial charge in [0, 0.05) is 27.3 Å². The third-order valence-corrected chi connectivity index (χ3v) is 3.25. The number of Topliss-reactive ketones (excluding diaryl/α,β-unsaturated/α-hetero) is 1. The summed E-state index contributed by atoms with van der Waals surface area (Å²) in [5.41, 5.74) is 0.699. The van der Waals surface area contributed by atoms with E-state index in [1.807, 2.05) is 14.1 Å². The molecule has 0 saturated carbocycles. The van der Waals surface area contributed by atoms with Crippen LogP contribution in [-0.4, -0.2) is 36.8 Å². The second-order valence-corrected chi connectivity index (χ2v) is 4.86. The first-order chi connectivity index (χ1) is 7.45. The van der Waals surface area contributed by atoms with E-state index < -0.39 is 0 Å². The molecule has 88 valence electrons. The third kappa shape index (κ3) is 2.96. The molecule has 0 saturated heterocycles. The lowest BCUT2D eigenvalue weighted by molar-refractivity contribution is 0.104. The number of thiazole rings is 1. The molecule has 1 N–H and O–H groups in total. The smallest absolute Gasteiger partial charge is 0.217 e. The van der Waals surface area contributed by atoms with E-state index in [-0.39, 0.29) is 10.8 Å². The summed E-state index contributed by atoms with van der Waals surface area (Å²) in [7, 11) is 5.40. The number of rotatable bonds is 4. The molecule has 0 aliphatic carbocycles. The number of anilines is 1. The summed E-state index contributed by atoms with van der Waals surface area (Å²) in [5.74, 6) is -0.188. The molecule has 0 aromatic carbocycles. The fourth-order valence-electron chi connectivity index (χ4n) is 1.11. The molecule has 1 rings (SSSR count). The second kappa shape index (κ2) is 5.32. The van der Waals surface area contributed by atoms with Gasteiger partial charge >= 0.3 is 0 Å². The topological polar surface area (TPSA) is 45.2 Å². The van der Waals surface area contributed by atoms with Crippen molar-refractivity contribution in [3.05, 3.63) is 21.8 Å². The normalized spacial score (nSPS) is 11.4. The summed E-state index contributed by atoms with van der Waals surface area (Å²) in [6, 6.07) is 0. The molecule has 0 aliphatic heterocycles. The third-order valence-electron chi connectivity index (χ3n) is 1.81. The van der Waals surface area contributed by atoms with Crippen LogP contribution in [0.1, 0.15) is 15.4 Å². The Morgan fingerprint density at radius 1 is 1.56 bits per heavy atom. The van der Waals surface area contributed by atoms with E-state index in [1.54, 1.807) is 25.1 Å². The number of carbonyl (C=O) groups excluding carboxylic acids is 1. The fraction of sp³-hybridized carbons (Fsp3) is 0.400. The molecule has 0 radical (unpaired) electrons. The lowest BCUT2D eigenvalue weighted by Crippen LogP contribution is -2.06. The second-order valence-electron chi connectivity index (χ2n) is 3.45. The summed E-state index contributed by atoms with van der Waals surface area (Å²) in [4.78, 5) is 18.5. The maximum Gasteiger partial charge on any atom is 0.217 e. The largest absolute Gasteiger partial charge is 0.382 e. The maximum atomic E-state index is 11.9. The number of nitrogens with one attached hydrogen (secondary N) is 1. The number of halogens is 1. The Balaban J connectivity index is 3.00. The van der Waals surface area contributed by atoms with Crippen molar-refractivity contribution in [3.8, 4) is 0 Å². The minimum atomic E-state index is -0.188. The summed E-state index contributed by atoms with van der Waals surface area (Å²) in [5, 5.41) is 3.82. The highest BCUT2D eigenvalue weighted by Crippen LogP contribution is 2.25. The van der Waals surface area contributed by atoms with E-state index >= 15 is 0 Å². The summed E-state index contributed by atoms with van der Waals surface area (Å²) >= 11 is 7.22. The molecule has 0 unspecified atom stereocenters. The maximum absolute atomic E-state index is 11.9. The summed E-state index contributed by atoms with van der Waals surface area (Å²) in [6.45, 7) is 1.80.